The predicted octanol–water partition coefficient (Wildman–Crippen LogP) is 3.71. The van der Waals surface area contributed by atoms with Crippen LogP contribution in [-0.4, -0.2) is 12.7 Å². The molecule has 1 amide bonds. The van der Waals surface area contributed by atoms with Gasteiger partial charge in [0.2, 0.25) is 12.7 Å². The van der Waals surface area contributed by atoms with Crippen molar-refractivity contribution in [2.45, 2.75) is 0 Å². The summed E-state index contributed by atoms with van der Waals surface area (Å²) in [4.78, 5) is 11.2. The van der Waals surface area contributed by atoms with Crippen LogP contribution in [0.1, 0.15) is 11.1 Å². The zero-order valence-electron chi connectivity index (χ0n) is 11.9. The van der Waals surface area contributed by atoms with Crippen LogP contribution in [0.5, 0.6) is 11.5 Å². The van der Waals surface area contributed by atoms with Gasteiger partial charge in [0, 0.05) is 5.69 Å². The van der Waals surface area contributed by atoms with Gasteiger partial charge in [0.05, 0.1) is 0 Å². The molecule has 1 aliphatic rings. The van der Waals surface area contributed by atoms with Crippen LogP contribution < -0.4 is 14.8 Å². The third-order valence-electron chi connectivity index (χ3n) is 3.23. The number of amides is 1. The average Bonchev–Trinajstić information content (AvgIpc) is 3.01. The van der Waals surface area contributed by atoms with E-state index in [2.05, 4.69) is 11.9 Å². The Morgan fingerprint density at radius 1 is 1.00 bits per heavy atom. The van der Waals surface area contributed by atoms with Gasteiger partial charge in [-0.25, -0.2) is 0 Å². The molecule has 0 fully saturated rings. The molecule has 0 saturated carbocycles. The number of fused-ring (bicyclic) bond motifs is 1. The molecule has 1 N–H and O–H groups in total. The van der Waals surface area contributed by atoms with Gasteiger partial charge >= 0.3 is 0 Å². The summed E-state index contributed by atoms with van der Waals surface area (Å²) in [5.74, 6) is 1.33. The van der Waals surface area contributed by atoms with Crippen LogP contribution in [0.25, 0.3) is 12.2 Å². The molecule has 0 spiro atoms. The molecule has 2 aromatic carbocycles. The van der Waals surface area contributed by atoms with E-state index in [0.717, 1.165) is 28.3 Å². The normalized spacial score (nSPS) is 12.4. The maximum atomic E-state index is 11.2. The summed E-state index contributed by atoms with van der Waals surface area (Å²) in [5, 5.41) is 2.71. The number of carbonyl (C=O) groups is 1. The molecule has 3 rings (SSSR count). The molecule has 4 nitrogen and oxygen atoms in total. The Kier molecular flexibility index (Phi) is 3.92. The van der Waals surface area contributed by atoms with Crippen LogP contribution in [0.15, 0.2) is 55.1 Å². The van der Waals surface area contributed by atoms with Crippen molar-refractivity contribution in [2.24, 2.45) is 0 Å². The molecule has 0 unspecified atom stereocenters. The Hall–Kier alpha value is -3.01. The van der Waals surface area contributed by atoms with Crippen LogP contribution in [0.3, 0.4) is 0 Å². The lowest BCUT2D eigenvalue weighted by atomic mass is 10.1. The van der Waals surface area contributed by atoms with Crippen molar-refractivity contribution >= 4 is 23.7 Å². The Morgan fingerprint density at radius 2 is 1.68 bits per heavy atom. The lowest BCUT2D eigenvalue weighted by Crippen LogP contribution is -2.06. The van der Waals surface area contributed by atoms with Gasteiger partial charge in [0.1, 0.15) is 0 Å². The number of benzene rings is 2. The van der Waals surface area contributed by atoms with E-state index in [1.807, 2.05) is 54.6 Å². The SMILES string of the molecule is C=CC(=O)Nc1ccc(/C=C/c2ccc3c(c2)OCO3)cc1. The average molecular weight is 293 g/mol. The minimum Gasteiger partial charge on any atom is -0.454 e. The van der Waals surface area contributed by atoms with E-state index in [9.17, 15) is 4.79 Å². The standard InChI is InChI=1S/C18H15NO3/c1-2-18(20)19-15-8-5-13(6-9-15)3-4-14-7-10-16-17(11-14)22-12-21-16/h2-11H,1,12H2,(H,19,20)/b4-3+. The molecule has 0 aliphatic carbocycles. The van der Waals surface area contributed by atoms with Gasteiger partial charge in [-0.05, 0) is 41.5 Å². The summed E-state index contributed by atoms with van der Waals surface area (Å²) < 4.78 is 10.6. The fourth-order valence-corrected chi connectivity index (χ4v) is 2.08. The first-order chi connectivity index (χ1) is 10.7. The van der Waals surface area contributed by atoms with Crippen molar-refractivity contribution in [1.29, 1.82) is 0 Å². The topological polar surface area (TPSA) is 47.6 Å². The minimum atomic E-state index is -0.219. The maximum absolute atomic E-state index is 11.2. The largest absolute Gasteiger partial charge is 0.454 e. The van der Waals surface area contributed by atoms with E-state index >= 15 is 0 Å². The van der Waals surface area contributed by atoms with Crippen LogP contribution >= 0.6 is 0 Å². The highest BCUT2D eigenvalue weighted by Gasteiger charge is 2.12. The Morgan fingerprint density at radius 3 is 2.45 bits per heavy atom. The summed E-state index contributed by atoms with van der Waals surface area (Å²) in [6.07, 6.45) is 5.24. The van der Waals surface area contributed by atoms with Gasteiger partial charge < -0.3 is 14.8 Å². The first-order valence-corrected chi connectivity index (χ1v) is 6.86. The van der Waals surface area contributed by atoms with Crippen molar-refractivity contribution < 1.29 is 14.3 Å². The van der Waals surface area contributed by atoms with Gasteiger partial charge in [-0.2, -0.15) is 0 Å². The van der Waals surface area contributed by atoms with Crippen LogP contribution in [0, 0.1) is 0 Å². The monoisotopic (exact) mass is 293 g/mol. The number of ether oxygens (including phenoxy) is 2. The molecule has 0 aromatic heterocycles. The second kappa shape index (κ2) is 6.18. The van der Waals surface area contributed by atoms with Crippen molar-refractivity contribution in [1.82, 2.24) is 0 Å². The van der Waals surface area contributed by atoms with Gasteiger partial charge in [-0.15, -0.1) is 0 Å². The van der Waals surface area contributed by atoms with Crippen molar-refractivity contribution in [2.75, 3.05) is 12.1 Å². The quantitative estimate of drug-likeness (QED) is 0.690. The molecule has 22 heavy (non-hydrogen) atoms. The lowest BCUT2D eigenvalue weighted by molar-refractivity contribution is -0.111. The van der Waals surface area contributed by atoms with Gasteiger partial charge in [-0.3, -0.25) is 4.79 Å². The molecule has 2 aromatic rings. The van der Waals surface area contributed by atoms with Gasteiger partial charge in [-0.1, -0.05) is 36.9 Å². The molecule has 0 atom stereocenters. The molecular weight excluding hydrogens is 278 g/mol. The molecule has 110 valence electrons. The molecule has 0 bridgehead atoms. The number of anilines is 1. The fourth-order valence-electron chi connectivity index (χ4n) is 2.08. The van der Waals surface area contributed by atoms with Crippen molar-refractivity contribution in [3.05, 3.63) is 66.2 Å². The highest BCUT2D eigenvalue weighted by molar-refractivity contribution is 5.98. The number of nitrogens with one attached hydrogen (secondary N) is 1. The summed E-state index contributed by atoms with van der Waals surface area (Å²) in [6, 6.07) is 13.4. The highest BCUT2D eigenvalue weighted by Crippen LogP contribution is 2.32. The fraction of sp³-hybridized carbons (Fsp3) is 0.0556. The van der Waals surface area contributed by atoms with Crippen molar-refractivity contribution in [3.8, 4) is 11.5 Å². The van der Waals surface area contributed by atoms with E-state index in [1.54, 1.807) is 0 Å². The maximum Gasteiger partial charge on any atom is 0.247 e. The van der Waals surface area contributed by atoms with Gasteiger partial charge in [0.25, 0.3) is 0 Å². The number of hydrogen-bond acceptors (Lipinski definition) is 3. The minimum absolute atomic E-state index is 0.219. The summed E-state index contributed by atoms with van der Waals surface area (Å²) >= 11 is 0. The van der Waals surface area contributed by atoms with Gasteiger partial charge in [0.15, 0.2) is 11.5 Å². The van der Waals surface area contributed by atoms with Crippen LogP contribution in [0.2, 0.25) is 0 Å². The number of rotatable bonds is 4. The van der Waals surface area contributed by atoms with Crippen molar-refractivity contribution in [3.63, 3.8) is 0 Å². The van der Waals surface area contributed by atoms with E-state index in [4.69, 9.17) is 9.47 Å². The van der Waals surface area contributed by atoms with E-state index in [1.165, 1.54) is 6.08 Å². The molecule has 0 saturated heterocycles. The summed E-state index contributed by atoms with van der Waals surface area (Å²) in [5.41, 5.74) is 2.81. The molecule has 1 heterocycles. The third kappa shape index (κ3) is 3.17. The lowest BCUT2D eigenvalue weighted by Gasteiger charge is -2.02. The van der Waals surface area contributed by atoms with E-state index in [-0.39, 0.29) is 12.7 Å². The van der Waals surface area contributed by atoms with Crippen LogP contribution in [0.4, 0.5) is 5.69 Å². The number of carbonyl (C=O) groups excluding carboxylic acids is 1. The Balaban J connectivity index is 1.70. The first kappa shape index (κ1) is 13.9. The highest BCUT2D eigenvalue weighted by atomic mass is 16.7. The van der Waals surface area contributed by atoms with E-state index < -0.39 is 0 Å². The van der Waals surface area contributed by atoms with Crippen LogP contribution in [-0.2, 0) is 4.79 Å². The summed E-state index contributed by atoms with van der Waals surface area (Å²) in [7, 11) is 0. The zero-order valence-corrected chi connectivity index (χ0v) is 11.9. The molecule has 0 radical (unpaired) electrons. The Bertz CT molecular complexity index is 732. The zero-order chi connectivity index (χ0) is 15.4. The smallest absolute Gasteiger partial charge is 0.247 e. The van der Waals surface area contributed by atoms with E-state index in [0.29, 0.717) is 0 Å². The molecule has 1 aliphatic heterocycles. The first-order valence-electron chi connectivity index (χ1n) is 6.86. The third-order valence-corrected chi connectivity index (χ3v) is 3.23. The predicted molar refractivity (Wildman–Crippen MR) is 86.8 cm³/mol. The molecule has 4 heteroatoms. The second-order valence-corrected chi connectivity index (χ2v) is 4.76. The number of hydrogen-bond donors (Lipinski definition) is 1. The second-order valence-electron chi connectivity index (χ2n) is 4.76. The summed E-state index contributed by atoms with van der Waals surface area (Å²) in [6.45, 7) is 3.70. The Labute approximate surface area is 128 Å². The molecular formula is C18H15NO3.